The molecule has 2 N–H and O–H groups in total. The van der Waals surface area contributed by atoms with Crippen LogP contribution in [0.4, 0.5) is 5.69 Å². The van der Waals surface area contributed by atoms with E-state index in [1.165, 1.54) is 43.5 Å². The maximum atomic E-state index is 13.1. The molecule has 186 valence electrons. The molecular weight excluding hydrogens is 466 g/mol. The summed E-state index contributed by atoms with van der Waals surface area (Å²) in [4.78, 5) is 50.8. The van der Waals surface area contributed by atoms with Gasteiger partial charge < -0.3 is 24.6 Å². The SMILES string of the molecule is COc1ccc(NC(=O)[C@H](OC(=O)c2cccc(C)c2)[C@H](OC(=O)c2cccc(C)c2)C(=O)O)cc1. The molecule has 0 aromatic heterocycles. The van der Waals surface area contributed by atoms with Crippen molar-refractivity contribution >= 4 is 29.5 Å². The second-order valence-corrected chi connectivity index (χ2v) is 7.95. The number of carbonyl (C=O) groups is 4. The van der Waals surface area contributed by atoms with Gasteiger partial charge in [-0.05, 0) is 62.4 Å². The molecule has 0 aliphatic heterocycles. The number of methoxy groups -OCH3 is 1. The van der Waals surface area contributed by atoms with E-state index >= 15 is 0 Å². The zero-order valence-corrected chi connectivity index (χ0v) is 19.9. The highest BCUT2D eigenvalue weighted by Gasteiger charge is 2.41. The topological polar surface area (TPSA) is 128 Å². The summed E-state index contributed by atoms with van der Waals surface area (Å²) in [5.74, 6) is -4.06. The van der Waals surface area contributed by atoms with Crippen molar-refractivity contribution in [1.82, 2.24) is 0 Å². The minimum Gasteiger partial charge on any atom is -0.497 e. The predicted octanol–water partition coefficient (Wildman–Crippen LogP) is 3.79. The van der Waals surface area contributed by atoms with Crippen molar-refractivity contribution in [3.05, 3.63) is 95.1 Å². The van der Waals surface area contributed by atoms with Crippen molar-refractivity contribution in [2.45, 2.75) is 26.1 Å². The van der Waals surface area contributed by atoms with Gasteiger partial charge in [-0.2, -0.15) is 0 Å². The summed E-state index contributed by atoms with van der Waals surface area (Å²) in [7, 11) is 1.48. The Morgan fingerprint density at radius 1 is 0.750 bits per heavy atom. The summed E-state index contributed by atoms with van der Waals surface area (Å²) < 4.78 is 15.6. The van der Waals surface area contributed by atoms with Crippen LogP contribution in [0, 0.1) is 13.8 Å². The first-order chi connectivity index (χ1) is 17.2. The zero-order valence-electron chi connectivity index (χ0n) is 19.9. The van der Waals surface area contributed by atoms with Crippen LogP contribution in [0.3, 0.4) is 0 Å². The number of aryl methyl sites for hydroxylation is 2. The molecule has 3 aromatic carbocycles. The van der Waals surface area contributed by atoms with Crippen LogP contribution in [0.2, 0.25) is 0 Å². The van der Waals surface area contributed by atoms with Crippen LogP contribution in [0.1, 0.15) is 31.8 Å². The van der Waals surface area contributed by atoms with Gasteiger partial charge in [-0.3, -0.25) is 4.79 Å². The van der Waals surface area contributed by atoms with Crippen LogP contribution >= 0.6 is 0 Å². The molecule has 3 rings (SSSR count). The Hall–Kier alpha value is -4.66. The van der Waals surface area contributed by atoms with Gasteiger partial charge >= 0.3 is 17.9 Å². The van der Waals surface area contributed by atoms with Crippen molar-refractivity contribution in [3.8, 4) is 5.75 Å². The number of esters is 2. The number of carboxylic acid groups (broad SMARTS) is 1. The lowest BCUT2D eigenvalue weighted by Gasteiger charge is -2.23. The van der Waals surface area contributed by atoms with Gasteiger partial charge in [0.1, 0.15) is 5.75 Å². The average Bonchev–Trinajstić information content (AvgIpc) is 2.86. The Morgan fingerprint density at radius 3 is 1.69 bits per heavy atom. The summed E-state index contributed by atoms with van der Waals surface area (Å²) in [6, 6.07) is 18.9. The van der Waals surface area contributed by atoms with E-state index in [1.807, 2.05) is 0 Å². The van der Waals surface area contributed by atoms with E-state index in [-0.39, 0.29) is 16.8 Å². The van der Waals surface area contributed by atoms with E-state index in [0.29, 0.717) is 5.75 Å². The van der Waals surface area contributed by atoms with Crippen molar-refractivity contribution < 1.29 is 38.5 Å². The van der Waals surface area contributed by atoms with Crippen LogP contribution in [-0.2, 0) is 19.1 Å². The van der Waals surface area contributed by atoms with Crippen LogP contribution in [0.25, 0.3) is 0 Å². The molecule has 0 saturated heterocycles. The second-order valence-electron chi connectivity index (χ2n) is 7.95. The third-order valence-electron chi connectivity index (χ3n) is 5.11. The van der Waals surface area contributed by atoms with E-state index in [4.69, 9.17) is 14.2 Å². The molecule has 0 aliphatic carbocycles. The standard InChI is InChI=1S/C27H25NO8/c1-16-6-4-8-18(14-16)26(32)35-22(24(29)28-20-10-12-21(34-3)13-11-20)23(25(30)31)36-27(33)19-9-5-7-17(2)15-19/h4-15,22-23H,1-3H3,(H,28,29)(H,30,31)/t22-,23+/m1/s1. The molecule has 36 heavy (non-hydrogen) atoms. The van der Waals surface area contributed by atoms with Crippen molar-refractivity contribution in [2.24, 2.45) is 0 Å². The molecule has 0 radical (unpaired) electrons. The van der Waals surface area contributed by atoms with Gasteiger partial charge in [0.25, 0.3) is 5.91 Å². The first kappa shape index (κ1) is 26.0. The molecule has 0 unspecified atom stereocenters. The minimum atomic E-state index is -2.12. The van der Waals surface area contributed by atoms with E-state index < -0.39 is 36.0 Å². The van der Waals surface area contributed by atoms with Crippen molar-refractivity contribution in [1.29, 1.82) is 0 Å². The maximum absolute atomic E-state index is 13.1. The average molecular weight is 491 g/mol. The third kappa shape index (κ3) is 6.69. The summed E-state index contributed by atoms with van der Waals surface area (Å²) in [5, 5.41) is 12.3. The largest absolute Gasteiger partial charge is 0.497 e. The van der Waals surface area contributed by atoms with E-state index in [2.05, 4.69) is 5.32 Å². The van der Waals surface area contributed by atoms with E-state index in [9.17, 15) is 24.3 Å². The Labute approximate surface area is 207 Å². The normalized spacial score (nSPS) is 12.1. The lowest BCUT2D eigenvalue weighted by Crippen LogP contribution is -2.48. The Balaban J connectivity index is 1.91. The van der Waals surface area contributed by atoms with E-state index in [0.717, 1.165) is 11.1 Å². The fourth-order valence-electron chi connectivity index (χ4n) is 3.29. The highest BCUT2D eigenvalue weighted by molar-refractivity contribution is 6.01. The number of nitrogens with one attached hydrogen (secondary N) is 1. The number of amides is 1. The first-order valence-electron chi connectivity index (χ1n) is 10.9. The number of carbonyl (C=O) groups excluding carboxylic acids is 3. The molecule has 0 bridgehead atoms. The number of anilines is 1. The predicted molar refractivity (Wildman–Crippen MR) is 130 cm³/mol. The molecule has 2 atom stereocenters. The maximum Gasteiger partial charge on any atom is 0.349 e. The van der Waals surface area contributed by atoms with Crippen LogP contribution in [0.5, 0.6) is 5.75 Å². The van der Waals surface area contributed by atoms with Crippen molar-refractivity contribution in [3.63, 3.8) is 0 Å². The molecule has 0 heterocycles. The summed E-state index contributed by atoms with van der Waals surface area (Å²) in [6.45, 7) is 3.51. The van der Waals surface area contributed by atoms with Crippen LogP contribution in [-0.4, -0.2) is 48.2 Å². The molecule has 0 aliphatic rings. The highest BCUT2D eigenvalue weighted by atomic mass is 16.6. The Kier molecular flexibility index (Phi) is 8.40. The number of carboxylic acids is 1. The lowest BCUT2D eigenvalue weighted by atomic mass is 10.1. The Bertz CT molecular complexity index is 1270. The fourth-order valence-corrected chi connectivity index (χ4v) is 3.29. The molecule has 0 saturated carbocycles. The van der Waals surface area contributed by atoms with Crippen molar-refractivity contribution in [2.75, 3.05) is 12.4 Å². The smallest absolute Gasteiger partial charge is 0.349 e. The molecular formula is C27H25NO8. The fraction of sp³-hybridized carbons (Fsp3) is 0.185. The molecule has 0 fully saturated rings. The van der Waals surface area contributed by atoms with Gasteiger partial charge in [0.15, 0.2) is 0 Å². The molecule has 1 amide bonds. The van der Waals surface area contributed by atoms with Gasteiger partial charge in [0.2, 0.25) is 12.2 Å². The van der Waals surface area contributed by atoms with Gasteiger partial charge in [-0.15, -0.1) is 0 Å². The number of rotatable bonds is 9. The highest BCUT2D eigenvalue weighted by Crippen LogP contribution is 2.19. The summed E-state index contributed by atoms with van der Waals surface area (Å²) in [6.07, 6.45) is -4.11. The number of ether oxygens (including phenoxy) is 3. The van der Waals surface area contributed by atoms with Gasteiger partial charge in [-0.25, -0.2) is 14.4 Å². The monoisotopic (exact) mass is 491 g/mol. The quantitative estimate of drug-likeness (QED) is 0.433. The lowest BCUT2D eigenvalue weighted by molar-refractivity contribution is -0.157. The number of hydrogen-bond donors (Lipinski definition) is 2. The number of benzene rings is 3. The number of hydrogen-bond acceptors (Lipinski definition) is 7. The molecule has 9 heteroatoms. The summed E-state index contributed by atoms with van der Waals surface area (Å²) in [5.41, 5.74) is 1.97. The van der Waals surface area contributed by atoms with E-state index in [1.54, 1.807) is 50.2 Å². The second kappa shape index (κ2) is 11.7. The zero-order chi connectivity index (χ0) is 26.2. The minimum absolute atomic E-state index is 0.0839. The summed E-state index contributed by atoms with van der Waals surface area (Å²) >= 11 is 0. The van der Waals surface area contributed by atoms with Gasteiger partial charge in [-0.1, -0.05) is 35.4 Å². The Morgan fingerprint density at radius 2 is 1.25 bits per heavy atom. The third-order valence-corrected chi connectivity index (χ3v) is 5.11. The van der Waals surface area contributed by atoms with Gasteiger partial charge in [0, 0.05) is 5.69 Å². The van der Waals surface area contributed by atoms with Crippen LogP contribution in [0.15, 0.2) is 72.8 Å². The van der Waals surface area contributed by atoms with Gasteiger partial charge in [0.05, 0.1) is 18.2 Å². The molecule has 0 spiro atoms. The molecule has 3 aromatic rings. The number of aliphatic carboxylic acids is 1. The molecule has 9 nitrogen and oxygen atoms in total. The first-order valence-corrected chi connectivity index (χ1v) is 10.9. The van der Waals surface area contributed by atoms with Crippen LogP contribution < -0.4 is 10.1 Å².